The van der Waals surface area contributed by atoms with Crippen molar-refractivity contribution in [3.63, 3.8) is 0 Å². The zero-order valence-corrected chi connectivity index (χ0v) is 23.8. The number of aliphatic imine (C=N–C) groups is 1. The summed E-state index contributed by atoms with van der Waals surface area (Å²) < 4.78 is 39.6. The third-order valence-electron chi connectivity index (χ3n) is 8.35. The first-order valence-electron chi connectivity index (χ1n) is 14.2. The van der Waals surface area contributed by atoms with Crippen LogP contribution >= 0.6 is 0 Å². The van der Waals surface area contributed by atoms with E-state index in [0.29, 0.717) is 33.8 Å². The molecule has 2 atom stereocenters. The number of nitrogens with two attached hydrogens (primary N) is 2. The lowest BCUT2D eigenvalue weighted by atomic mass is 9.82. The summed E-state index contributed by atoms with van der Waals surface area (Å²) in [5, 5.41) is 3.01. The smallest absolute Gasteiger partial charge is 0.251 e. The Morgan fingerprint density at radius 1 is 1.16 bits per heavy atom. The van der Waals surface area contributed by atoms with Crippen molar-refractivity contribution in [2.75, 3.05) is 26.0 Å². The number of anilines is 1. The fourth-order valence-electron chi connectivity index (χ4n) is 5.37. The van der Waals surface area contributed by atoms with Gasteiger partial charge in [0.05, 0.1) is 18.8 Å². The SMILES string of the molecule is COc1cc(C(=O)NC[C@H](c2cc3c(c(-c4cc(F)nc(F)c4)n2)OC[C@]3(C)C(N)=O)C2CC2)cc(C=NC2CC2)c1N. The van der Waals surface area contributed by atoms with Gasteiger partial charge < -0.3 is 26.3 Å². The van der Waals surface area contributed by atoms with E-state index in [1.807, 2.05) is 0 Å². The molecule has 0 radical (unpaired) electrons. The number of nitrogens with zero attached hydrogens (tertiary/aromatic N) is 3. The number of amides is 2. The van der Waals surface area contributed by atoms with Crippen LogP contribution in [0.15, 0.2) is 35.3 Å². The van der Waals surface area contributed by atoms with Gasteiger partial charge in [0.15, 0.2) is 0 Å². The van der Waals surface area contributed by atoms with Crippen molar-refractivity contribution in [1.82, 2.24) is 15.3 Å². The minimum atomic E-state index is -1.18. The summed E-state index contributed by atoms with van der Waals surface area (Å²) in [7, 11) is 1.49. The van der Waals surface area contributed by atoms with Gasteiger partial charge in [0.2, 0.25) is 17.8 Å². The van der Waals surface area contributed by atoms with E-state index >= 15 is 0 Å². The number of benzene rings is 1. The molecule has 224 valence electrons. The van der Waals surface area contributed by atoms with E-state index in [0.717, 1.165) is 37.8 Å². The summed E-state index contributed by atoms with van der Waals surface area (Å²) in [6.45, 7) is 1.84. The number of nitrogen functional groups attached to an aromatic ring is 1. The molecule has 2 saturated carbocycles. The Morgan fingerprint density at radius 2 is 1.88 bits per heavy atom. The summed E-state index contributed by atoms with van der Waals surface area (Å²) >= 11 is 0. The molecule has 3 heterocycles. The second-order valence-corrected chi connectivity index (χ2v) is 11.6. The van der Waals surface area contributed by atoms with Crippen molar-refractivity contribution in [1.29, 1.82) is 0 Å². The second kappa shape index (κ2) is 10.9. The third kappa shape index (κ3) is 5.61. The number of fused-ring (bicyclic) bond motifs is 1. The van der Waals surface area contributed by atoms with Crippen LogP contribution < -0.4 is 26.3 Å². The minimum Gasteiger partial charge on any atom is -0.495 e. The number of hydrogen-bond donors (Lipinski definition) is 3. The van der Waals surface area contributed by atoms with Gasteiger partial charge in [0.1, 0.15) is 29.2 Å². The highest BCUT2D eigenvalue weighted by Gasteiger charge is 2.45. The molecule has 0 spiro atoms. The van der Waals surface area contributed by atoms with E-state index in [4.69, 9.17) is 25.9 Å². The summed E-state index contributed by atoms with van der Waals surface area (Å²) in [5.74, 6) is -2.41. The number of aromatic nitrogens is 2. The van der Waals surface area contributed by atoms with E-state index in [1.165, 1.54) is 7.11 Å². The second-order valence-electron chi connectivity index (χ2n) is 11.6. The number of carbonyl (C=O) groups is 2. The molecule has 12 heteroatoms. The van der Waals surface area contributed by atoms with Gasteiger partial charge in [-0.1, -0.05) is 0 Å². The van der Waals surface area contributed by atoms with Crippen LogP contribution in [0.3, 0.4) is 0 Å². The summed E-state index contributed by atoms with van der Waals surface area (Å²) in [6.07, 6.45) is 5.56. The molecule has 2 fully saturated rings. The minimum absolute atomic E-state index is 0.0396. The van der Waals surface area contributed by atoms with Gasteiger partial charge in [-0.2, -0.15) is 13.8 Å². The Bertz CT molecular complexity index is 1640. The van der Waals surface area contributed by atoms with Gasteiger partial charge >= 0.3 is 0 Å². The number of hydrogen-bond acceptors (Lipinski definition) is 8. The van der Waals surface area contributed by atoms with E-state index in [1.54, 1.807) is 31.3 Å². The van der Waals surface area contributed by atoms with Crippen LogP contribution in [-0.2, 0) is 10.2 Å². The highest BCUT2D eigenvalue weighted by molar-refractivity contribution is 5.99. The average Bonchev–Trinajstić information content (AvgIpc) is 3.91. The first-order chi connectivity index (χ1) is 20.6. The quantitative estimate of drug-likeness (QED) is 0.185. The molecule has 0 unspecified atom stereocenters. The fourth-order valence-corrected chi connectivity index (χ4v) is 5.37. The molecular formula is C31H32F2N6O4. The van der Waals surface area contributed by atoms with Crippen LogP contribution in [0.4, 0.5) is 14.5 Å². The molecule has 2 amide bonds. The van der Waals surface area contributed by atoms with E-state index < -0.39 is 23.2 Å². The molecule has 3 aliphatic rings. The maximum absolute atomic E-state index is 14.1. The summed E-state index contributed by atoms with van der Waals surface area (Å²) in [5.41, 5.74) is 13.5. The van der Waals surface area contributed by atoms with Crippen molar-refractivity contribution in [2.45, 2.75) is 50.0 Å². The van der Waals surface area contributed by atoms with Crippen molar-refractivity contribution in [3.8, 4) is 22.8 Å². The number of pyridine rings is 2. The summed E-state index contributed by atoms with van der Waals surface area (Å²) in [4.78, 5) is 38.4. The van der Waals surface area contributed by atoms with Crippen LogP contribution in [0.5, 0.6) is 11.5 Å². The maximum Gasteiger partial charge on any atom is 0.251 e. The third-order valence-corrected chi connectivity index (χ3v) is 8.35. The molecule has 10 nitrogen and oxygen atoms in total. The molecule has 3 aromatic rings. The van der Waals surface area contributed by atoms with E-state index in [-0.39, 0.29) is 53.9 Å². The lowest BCUT2D eigenvalue weighted by molar-refractivity contribution is -0.123. The van der Waals surface area contributed by atoms with Gasteiger partial charge in [-0.3, -0.25) is 14.6 Å². The van der Waals surface area contributed by atoms with E-state index in [9.17, 15) is 18.4 Å². The number of ether oxygens (including phenoxy) is 2. The van der Waals surface area contributed by atoms with Gasteiger partial charge in [0.25, 0.3) is 5.91 Å². The van der Waals surface area contributed by atoms with Gasteiger partial charge in [-0.25, -0.2) is 4.98 Å². The first-order valence-corrected chi connectivity index (χ1v) is 14.2. The van der Waals surface area contributed by atoms with Gasteiger partial charge in [-0.05, 0) is 56.7 Å². The van der Waals surface area contributed by atoms with Crippen molar-refractivity contribution in [2.24, 2.45) is 16.6 Å². The lowest BCUT2D eigenvalue weighted by Gasteiger charge is -2.22. The molecule has 1 aliphatic heterocycles. The van der Waals surface area contributed by atoms with Crippen LogP contribution in [-0.4, -0.2) is 54.3 Å². The topological polar surface area (TPSA) is 155 Å². The Balaban J connectivity index is 1.34. The standard InChI is InChI=1S/C31H32F2N6O4/c1-31(30(35)41)14-43-28-21(31)11-22(38-27(28)16-9-24(32)39-25(33)10-16)20(15-3-4-15)13-37-29(40)17-7-18(12-36-19-5-6-19)26(34)23(8-17)42-2/h7-12,15,19-20H,3-6,13-14,34H2,1-2H3,(H2,35,41)(H,37,40)/t20-,31-/m0/s1. The number of halogens is 2. The molecule has 6 rings (SSSR count). The molecule has 5 N–H and O–H groups in total. The van der Waals surface area contributed by atoms with Crippen LogP contribution in [0.2, 0.25) is 0 Å². The Kier molecular flexibility index (Phi) is 7.23. The normalized spacial score (nSPS) is 20.0. The number of carbonyl (C=O) groups excluding carboxylic acids is 2. The highest BCUT2D eigenvalue weighted by atomic mass is 19.1. The monoisotopic (exact) mass is 590 g/mol. The average molecular weight is 591 g/mol. The predicted octanol–water partition coefficient (Wildman–Crippen LogP) is 3.65. The van der Waals surface area contributed by atoms with Crippen LogP contribution in [0, 0.1) is 17.8 Å². The highest BCUT2D eigenvalue weighted by Crippen LogP contribution is 2.48. The molecule has 2 aliphatic carbocycles. The van der Waals surface area contributed by atoms with E-state index in [2.05, 4.69) is 15.3 Å². The van der Waals surface area contributed by atoms with Gasteiger partial charge in [0, 0.05) is 58.8 Å². The number of rotatable bonds is 10. The van der Waals surface area contributed by atoms with Crippen LogP contribution in [0.25, 0.3) is 11.3 Å². The predicted molar refractivity (Wildman–Crippen MR) is 155 cm³/mol. The molecule has 43 heavy (non-hydrogen) atoms. The Hall–Kier alpha value is -4.61. The zero-order chi connectivity index (χ0) is 30.5. The fraction of sp³-hybridized carbons (Fsp3) is 0.387. The lowest BCUT2D eigenvalue weighted by Crippen LogP contribution is -2.40. The van der Waals surface area contributed by atoms with Crippen molar-refractivity contribution < 1.29 is 27.8 Å². The Labute approximate surface area is 246 Å². The molecule has 2 aromatic heterocycles. The first kappa shape index (κ1) is 28.5. The van der Waals surface area contributed by atoms with Crippen LogP contribution in [0.1, 0.15) is 65.7 Å². The number of methoxy groups -OCH3 is 1. The molecule has 0 saturated heterocycles. The molecular weight excluding hydrogens is 558 g/mol. The largest absolute Gasteiger partial charge is 0.495 e. The molecule has 0 bridgehead atoms. The molecule has 1 aromatic carbocycles. The Morgan fingerprint density at radius 3 is 2.51 bits per heavy atom. The van der Waals surface area contributed by atoms with Gasteiger partial charge in [-0.15, -0.1) is 0 Å². The van der Waals surface area contributed by atoms with Crippen molar-refractivity contribution in [3.05, 3.63) is 64.6 Å². The maximum atomic E-state index is 14.1. The summed E-state index contributed by atoms with van der Waals surface area (Å²) in [6, 6.07) is 7.43. The number of nitrogens with one attached hydrogen (secondary N) is 1. The zero-order valence-electron chi connectivity index (χ0n) is 23.8. The van der Waals surface area contributed by atoms with Crippen molar-refractivity contribution >= 4 is 23.7 Å². The number of primary amides is 1.